The van der Waals surface area contributed by atoms with Gasteiger partial charge in [0.15, 0.2) is 0 Å². The van der Waals surface area contributed by atoms with E-state index in [0.29, 0.717) is 19.6 Å². The zero-order valence-corrected chi connectivity index (χ0v) is 13.8. The molecule has 21 heavy (non-hydrogen) atoms. The van der Waals surface area contributed by atoms with E-state index in [0.717, 1.165) is 23.4 Å². The molecular formula is C17H27NO3. The lowest BCUT2D eigenvalue weighted by molar-refractivity contribution is -0.139. The Bertz CT molecular complexity index is 465. The van der Waals surface area contributed by atoms with Crippen LogP contribution in [0.2, 0.25) is 0 Å². The summed E-state index contributed by atoms with van der Waals surface area (Å²) in [5.74, 6) is 0.742. The topological polar surface area (TPSA) is 47.6 Å². The number of amides is 1. The number of benzene rings is 1. The SMILES string of the molecule is CCC[C@](C)(OCC)C(=O)Nc1ccc(OCC)c(C)c1. The van der Waals surface area contributed by atoms with Crippen molar-refractivity contribution < 1.29 is 14.3 Å². The van der Waals surface area contributed by atoms with Crippen LogP contribution in [-0.4, -0.2) is 24.7 Å². The fraction of sp³-hybridized carbons (Fsp3) is 0.588. The second-order valence-corrected chi connectivity index (χ2v) is 5.28. The zero-order valence-electron chi connectivity index (χ0n) is 13.8. The molecule has 0 radical (unpaired) electrons. The highest BCUT2D eigenvalue weighted by Gasteiger charge is 2.32. The first-order chi connectivity index (χ1) is 9.96. The highest BCUT2D eigenvalue weighted by Crippen LogP contribution is 2.24. The van der Waals surface area contributed by atoms with Crippen LogP contribution in [0.4, 0.5) is 5.69 Å². The molecule has 0 bridgehead atoms. The van der Waals surface area contributed by atoms with Crippen LogP contribution in [0.1, 0.15) is 46.1 Å². The van der Waals surface area contributed by atoms with E-state index in [2.05, 4.69) is 5.32 Å². The lowest BCUT2D eigenvalue weighted by atomic mass is 9.99. The second-order valence-electron chi connectivity index (χ2n) is 5.28. The van der Waals surface area contributed by atoms with Crippen molar-refractivity contribution in [2.75, 3.05) is 18.5 Å². The molecular weight excluding hydrogens is 266 g/mol. The first-order valence-corrected chi connectivity index (χ1v) is 7.65. The minimum Gasteiger partial charge on any atom is -0.494 e. The van der Waals surface area contributed by atoms with Crippen molar-refractivity contribution in [2.24, 2.45) is 0 Å². The average molecular weight is 293 g/mol. The summed E-state index contributed by atoms with van der Waals surface area (Å²) in [6.45, 7) is 10.9. The monoisotopic (exact) mass is 293 g/mol. The minimum atomic E-state index is -0.782. The van der Waals surface area contributed by atoms with Crippen molar-refractivity contribution >= 4 is 11.6 Å². The molecule has 4 nitrogen and oxygen atoms in total. The third-order valence-corrected chi connectivity index (χ3v) is 3.40. The second kappa shape index (κ2) is 8.03. The Balaban J connectivity index is 2.84. The van der Waals surface area contributed by atoms with Crippen molar-refractivity contribution in [3.8, 4) is 5.75 Å². The molecule has 0 saturated heterocycles. The van der Waals surface area contributed by atoms with Gasteiger partial charge in [0, 0.05) is 12.3 Å². The van der Waals surface area contributed by atoms with Crippen LogP contribution < -0.4 is 10.1 Å². The third kappa shape index (κ3) is 4.74. The highest BCUT2D eigenvalue weighted by molar-refractivity contribution is 5.97. The summed E-state index contributed by atoms with van der Waals surface area (Å²) >= 11 is 0. The lowest BCUT2D eigenvalue weighted by Gasteiger charge is -2.28. The Morgan fingerprint density at radius 3 is 2.48 bits per heavy atom. The molecule has 4 heteroatoms. The molecule has 0 aliphatic carbocycles. The molecule has 0 spiro atoms. The van der Waals surface area contributed by atoms with Gasteiger partial charge in [-0.3, -0.25) is 4.79 Å². The molecule has 0 heterocycles. The maximum absolute atomic E-state index is 12.5. The lowest BCUT2D eigenvalue weighted by Crippen LogP contribution is -2.42. The first kappa shape index (κ1) is 17.5. The van der Waals surface area contributed by atoms with Gasteiger partial charge >= 0.3 is 0 Å². The van der Waals surface area contributed by atoms with Crippen LogP contribution in [0.3, 0.4) is 0 Å². The number of nitrogens with one attached hydrogen (secondary N) is 1. The first-order valence-electron chi connectivity index (χ1n) is 7.65. The molecule has 1 aromatic rings. The Morgan fingerprint density at radius 2 is 1.95 bits per heavy atom. The maximum Gasteiger partial charge on any atom is 0.256 e. The molecule has 0 saturated carbocycles. The van der Waals surface area contributed by atoms with Crippen molar-refractivity contribution in [1.82, 2.24) is 0 Å². The van der Waals surface area contributed by atoms with Crippen LogP contribution in [-0.2, 0) is 9.53 Å². The van der Waals surface area contributed by atoms with E-state index < -0.39 is 5.60 Å². The number of hydrogen-bond acceptors (Lipinski definition) is 3. The molecule has 0 aliphatic heterocycles. The molecule has 1 atom stereocenters. The summed E-state index contributed by atoms with van der Waals surface area (Å²) in [5.41, 5.74) is 0.988. The largest absolute Gasteiger partial charge is 0.494 e. The Hall–Kier alpha value is -1.55. The molecule has 1 amide bonds. The van der Waals surface area contributed by atoms with E-state index in [-0.39, 0.29) is 5.91 Å². The van der Waals surface area contributed by atoms with E-state index in [1.165, 1.54) is 0 Å². The van der Waals surface area contributed by atoms with Gasteiger partial charge in [-0.15, -0.1) is 0 Å². The molecule has 0 aromatic heterocycles. The van der Waals surface area contributed by atoms with Gasteiger partial charge in [-0.25, -0.2) is 0 Å². The smallest absolute Gasteiger partial charge is 0.256 e. The summed E-state index contributed by atoms with van der Waals surface area (Å²) in [6.07, 6.45) is 1.59. The van der Waals surface area contributed by atoms with Gasteiger partial charge in [-0.2, -0.15) is 0 Å². The van der Waals surface area contributed by atoms with Gasteiger partial charge in [0.1, 0.15) is 11.4 Å². The standard InChI is InChI=1S/C17H27NO3/c1-6-11-17(5,21-8-3)16(19)18-14-9-10-15(20-7-2)13(4)12-14/h9-10,12H,6-8,11H2,1-5H3,(H,18,19)/t17-/m0/s1. The number of aryl methyl sites for hydroxylation is 1. The Labute approximate surface area is 127 Å². The van der Waals surface area contributed by atoms with E-state index in [9.17, 15) is 4.79 Å². The van der Waals surface area contributed by atoms with Crippen molar-refractivity contribution in [3.63, 3.8) is 0 Å². The molecule has 1 aromatic carbocycles. The molecule has 1 rings (SSSR count). The van der Waals surface area contributed by atoms with Crippen LogP contribution in [0.25, 0.3) is 0 Å². The van der Waals surface area contributed by atoms with E-state index in [1.807, 2.05) is 52.8 Å². The van der Waals surface area contributed by atoms with Crippen molar-refractivity contribution in [2.45, 2.75) is 53.1 Å². The quantitative estimate of drug-likeness (QED) is 0.790. The van der Waals surface area contributed by atoms with E-state index in [1.54, 1.807) is 0 Å². The number of carbonyl (C=O) groups excluding carboxylic acids is 1. The van der Waals surface area contributed by atoms with Crippen molar-refractivity contribution in [3.05, 3.63) is 23.8 Å². The molecule has 118 valence electrons. The van der Waals surface area contributed by atoms with Gasteiger partial charge in [0.05, 0.1) is 6.61 Å². The molecule has 0 aliphatic rings. The van der Waals surface area contributed by atoms with Gasteiger partial charge in [0.25, 0.3) is 5.91 Å². The maximum atomic E-state index is 12.5. The van der Waals surface area contributed by atoms with Crippen molar-refractivity contribution in [1.29, 1.82) is 0 Å². The molecule has 0 unspecified atom stereocenters. The fourth-order valence-electron chi connectivity index (χ4n) is 2.35. The predicted octanol–water partition coefficient (Wildman–Crippen LogP) is 3.93. The van der Waals surface area contributed by atoms with Crippen LogP contribution >= 0.6 is 0 Å². The number of hydrogen-bond donors (Lipinski definition) is 1. The molecule has 1 N–H and O–H groups in total. The minimum absolute atomic E-state index is 0.102. The number of carbonyl (C=O) groups is 1. The van der Waals surface area contributed by atoms with E-state index >= 15 is 0 Å². The summed E-state index contributed by atoms with van der Waals surface area (Å²) < 4.78 is 11.2. The Kier molecular flexibility index (Phi) is 6.69. The predicted molar refractivity (Wildman–Crippen MR) is 85.9 cm³/mol. The highest BCUT2D eigenvalue weighted by atomic mass is 16.5. The van der Waals surface area contributed by atoms with Crippen LogP contribution in [0, 0.1) is 6.92 Å². The van der Waals surface area contributed by atoms with Gasteiger partial charge < -0.3 is 14.8 Å². The zero-order chi connectivity index (χ0) is 15.9. The molecule has 0 fully saturated rings. The number of anilines is 1. The van der Waals surface area contributed by atoms with Crippen LogP contribution in [0.5, 0.6) is 5.75 Å². The fourth-order valence-corrected chi connectivity index (χ4v) is 2.35. The Morgan fingerprint density at radius 1 is 1.24 bits per heavy atom. The van der Waals surface area contributed by atoms with Gasteiger partial charge in [0.2, 0.25) is 0 Å². The normalized spacial score (nSPS) is 13.6. The summed E-state index contributed by atoms with van der Waals surface area (Å²) in [6, 6.07) is 5.65. The third-order valence-electron chi connectivity index (χ3n) is 3.40. The summed E-state index contributed by atoms with van der Waals surface area (Å²) in [4.78, 5) is 12.5. The number of ether oxygens (including phenoxy) is 2. The van der Waals surface area contributed by atoms with Gasteiger partial charge in [-0.05, 0) is 57.9 Å². The average Bonchev–Trinajstić information content (AvgIpc) is 2.42. The van der Waals surface area contributed by atoms with Gasteiger partial charge in [-0.1, -0.05) is 13.3 Å². The summed E-state index contributed by atoms with van der Waals surface area (Å²) in [7, 11) is 0. The summed E-state index contributed by atoms with van der Waals surface area (Å²) in [5, 5.41) is 2.94. The van der Waals surface area contributed by atoms with E-state index in [4.69, 9.17) is 9.47 Å². The van der Waals surface area contributed by atoms with Crippen LogP contribution in [0.15, 0.2) is 18.2 Å². The number of rotatable bonds is 8.